The minimum absolute atomic E-state index is 0.868. The molecule has 0 rings (SSSR count). The summed E-state index contributed by atoms with van der Waals surface area (Å²) in [6.07, 6.45) is 3.33. The second-order valence-corrected chi connectivity index (χ2v) is 2.95. The first-order chi connectivity index (χ1) is 3.77. The van der Waals surface area contributed by atoms with Crippen LogP contribution in [-0.4, -0.2) is 22.9 Å². The summed E-state index contributed by atoms with van der Waals surface area (Å²) in [5.74, 6) is 0. The van der Waals surface area contributed by atoms with Crippen molar-refractivity contribution in [3.05, 3.63) is 12.8 Å². The van der Waals surface area contributed by atoms with Crippen LogP contribution in [0.2, 0.25) is 0 Å². The van der Waals surface area contributed by atoms with Crippen molar-refractivity contribution in [1.82, 2.24) is 3.11 Å². The highest BCUT2D eigenvalue weighted by Gasteiger charge is 1.81. The fraction of sp³-hybridized carbons (Fsp3) is 0.400. The van der Waals surface area contributed by atoms with Crippen LogP contribution in [0.4, 0.5) is 0 Å². The Morgan fingerprint density at radius 2 is 2.50 bits per heavy atom. The van der Waals surface area contributed by atoms with Gasteiger partial charge in [-0.3, -0.25) is 4.99 Å². The van der Waals surface area contributed by atoms with Crippen LogP contribution in [0.1, 0.15) is 0 Å². The molecule has 0 unspecified atom stereocenters. The summed E-state index contributed by atoms with van der Waals surface area (Å²) < 4.78 is 2.00. The normalized spacial score (nSPS) is 10.9. The number of hydrogen-bond donors (Lipinski definition) is 0. The van der Waals surface area contributed by atoms with E-state index in [-0.39, 0.29) is 0 Å². The van der Waals surface area contributed by atoms with Crippen LogP contribution in [-0.2, 0) is 0 Å². The zero-order valence-electron chi connectivity index (χ0n) is 4.84. The van der Waals surface area contributed by atoms with Gasteiger partial charge in [-0.25, -0.2) is 3.11 Å². The Labute approximate surface area is 63.8 Å². The third kappa shape index (κ3) is 6.10. The van der Waals surface area contributed by atoms with Gasteiger partial charge >= 0.3 is 0 Å². The second kappa shape index (κ2) is 5.24. The fourth-order valence-corrected chi connectivity index (χ4v) is 0.410. The van der Waals surface area contributed by atoms with E-state index in [1.165, 1.54) is 6.20 Å². The molecule has 0 amide bonds. The average Bonchev–Trinajstić information content (AvgIpc) is 1.66. The quantitative estimate of drug-likeness (QED) is 0.402. The number of halogens is 1. The number of rotatable bonds is 3. The molecule has 0 aromatic heterocycles. The standard InChI is InChI=1S/C5H9IN2/c1-3-7-4-5-8(2)6/h3-4H,1,5H2,2H3. The van der Waals surface area contributed by atoms with Crippen LogP contribution < -0.4 is 0 Å². The van der Waals surface area contributed by atoms with Gasteiger partial charge in [0.15, 0.2) is 0 Å². The predicted molar refractivity (Wildman–Crippen MR) is 45.3 cm³/mol. The van der Waals surface area contributed by atoms with Gasteiger partial charge in [0.05, 0.1) is 0 Å². The topological polar surface area (TPSA) is 15.6 Å². The van der Waals surface area contributed by atoms with E-state index >= 15 is 0 Å². The van der Waals surface area contributed by atoms with Crippen LogP contribution in [0.3, 0.4) is 0 Å². The molecule has 0 N–H and O–H groups in total. The van der Waals surface area contributed by atoms with E-state index in [0.717, 1.165) is 6.54 Å². The number of nitrogens with zero attached hydrogens (tertiary/aromatic N) is 2. The van der Waals surface area contributed by atoms with E-state index < -0.39 is 0 Å². The highest BCUT2D eigenvalue weighted by atomic mass is 127. The van der Waals surface area contributed by atoms with Gasteiger partial charge in [-0.05, 0) is 7.05 Å². The maximum Gasteiger partial charge on any atom is 0.0432 e. The molecule has 0 atom stereocenters. The average molecular weight is 224 g/mol. The highest BCUT2D eigenvalue weighted by Crippen LogP contribution is 1.87. The van der Waals surface area contributed by atoms with Crippen molar-refractivity contribution >= 4 is 29.1 Å². The maximum absolute atomic E-state index is 3.80. The minimum atomic E-state index is 0.868. The van der Waals surface area contributed by atoms with Crippen LogP contribution in [0.5, 0.6) is 0 Å². The lowest BCUT2D eigenvalue weighted by Crippen LogP contribution is -2.05. The minimum Gasteiger partial charge on any atom is -0.268 e. The summed E-state index contributed by atoms with van der Waals surface area (Å²) in [5.41, 5.74) is 0. The Kier molecular flexibility index (Phi) is 5.31. The van der Waals surface area contributed by atoms with Crippen LogP contribution >= 0.6 is 22.9 Å². The van der Waals surface area contributed by atoms with Gasteiger partial charge in [-0.2, -0.15) is 0 Å². The first kappa shape index (κ1) is 8.10. The molecular formula is C5H9IN2. The van der Waals surface area contributed by atoms with Crippen LogP contribution in [0.25, 0.3) is 0 Å². The Morgan fingerprint density at radius 3 is 2.88 bits per heavy atom. The molecule has 0 bridgehead atoms. The first-order valence-corrected chi connectivity index (χ1v) is 3.23. The van der Waals surface area contributed by atoms with E-state index in [4.69, 9.17) is 0 Å². The lowest BCUT2D eigenvalue weighted by molar-refractivity contribution is 0.714. The van der Waals surface area contributed by atoms with Crippen molar-refractivity contribution in [2.75, 3.05) is 13.6 Å². The molecule has 0 radical (unpaired) electrons. The third-order valence-corrected chi connectivity index (χ3v) is 0.938. The molecule has 8 heavy (non-hydrogen) atoms. The van der Waals surface area contributed by atoms with Gasteiger partial charge in [-0.1, -0.05) is 6.58 Å². The lowest BCUT2D eigenvalue weighted by Gasteiger charge is -1.98. The molecule has 0 aliphatic rings. The zero-order valence-corrected chi connectivity index (χ0v) is 7.00. The molecule has 3 heteroatoms. The largest absolute Gasteiger partial charge is 0.268 e. The Balaban J connectivity index is 3.15. The third-order valence-electron chi connectivity index (χ3n) is 0.544. The fourth-order valence-electron chi connectivity index (χ4n) is 0.234. The van der Waals surface area contributed by atoms with E-state index in [1.807, 2.05) is 10.2 Å². The maximum atomic E-state index is 3.80. The highest BCUT2D eigenvalue weighted by molar-refractivity contribution is 14.1. The summed E-state index contributed by atoms with van der Waals surface area (Å²) in [6.45, 7) is 4.31. The van der Waals surface area contributed by atoms with Crippen molar-refractivity contribution in [3.8, 4) is 0 Å². The summed E-state index contributed by atoms with van der Waals surface area (Å²) in [6, 6.07) is 0. The van der Waals surface area contributed by atoms with Crippen LogP contribution in [0, 0.1) is 0 Å². The molecule has 0 aliphatic carbocycles. The molecule has 0 saturated heterocycles. The molecule has 0 aromatic rings. The Hall–Kier alpha value is 0.1000. The molecule has 0 aliphatic heterocycles. The Morgan fingerprint density at radius 1 is 1.88 bits per heavy atom. The van der Waals surface area contributed by atoms with Crippen molar-refractivity contribution in [1.29, 1.82) is 0 Å². The number of hydrogen-bond acceptors (Lipinski definition) is 2. The Bertz CT molecular complexity index is 88.4. The summed E-state index contributed by atoms with van der Waals surface area (Å²) in [4.78, 5) is 3.80. The summed E-state index contributed by atoms with van der Waals surface area (Å²) in [7, 11) is 1.98. The van der Waals surface area contributed by atoms with Crippen molar-refractivity contribution in [3.63, 3.8) is 0 Å². The van der Waals surface area contributed by atoms with Gasteiger partial charge in [0.2, 0.25) is 0 Å². The second-order valence-electron chi connectivity index (χ2n) is 1.30. The molecule has 0 heterocycles. The smallest absolute Gasteiger partial charge is 0.0432 e. The monoisotopic (exact) mass is 224 g/mol. The summed E-state index contributed by atoms with van der Waals surface area (Å²) in [5, 5.41) is 0. The first-order valence-electron chi connectivity index (χ1n) is 2.27. The number of aliphatic imine (C=N–C) groups is 1. The van der Waals surface area contributed by atoms with Crippen molar-refractivity contribution in [2.45, 2.75) is 0 Å². The van der Waals surface area contributed by atoms with Gasteiger partial charge in [0.25, 0.3) is 0 Å². The predicted octanol–water partition coefficient (Wildman–Crippen LogP) is 1.48. The van der Waals surface area contributed by atoms with E-state index in [2.05, 4.69) is 34.4 Å². The molecule has 0 aromatic carbocycles. The molecule has 46 valence electrons. The molecule has 0 fully saturated rings. The molecule has 0 saturated carbocycles. The van der Waals surface area contributed by atoms with Gasteiger partial charge in [0.1, 0.15) is 0 Å². The molecule has 2 nitrogen and oxygen atoms in total. The van der Waals surface area contributed by atoms with E-state index in [9.17, 15) is 0 Å². The molecule has 0 spiro atoms. The van der Waals surface area contributed by atoms with Gasteiger partial charge in [0, 0.05) is 41.8 Å². The van der Waals surface area contributed by atoms with Gasteiger partial charge < -0.3 is 0 Å². The lowest BCUT2D eigenvalue weighted by atomic mass is 10.7. The van der Waals surface area contributed by atoms with Gasteiger partial charge in [-0.15, -0.1) is 0 Å². The van der Waals surface area contributed by atoms with Crippen LogP contribution in [0.15, 0.2) is 17.8 Å². The zero-order chi connectivity index (χ0) is 6.41. The SMILES string of the molecule is C=CN=CCN(C)I. The van der Waals surface area contributed by atoms with E-state index in [0.29, 0.717) is 0 Å². The van der Waals surface area contributed by atoms with Crippen molar-refractivity contribution in [2.24, 2.45) is 4.99 Å². The van der Waals surface area contributed by atoms with Crippen molar-refractivity contribution < 1.29 is 0 Å². The molecular weight excluding hydrogens is 215 g/mol. The van der Waals surface area contributed by atoms with E-state index in [1.54, 1.807) is 6.21 Å². The summed E-state index contributed by atoms with van der Waals surface area (Å²) >= 11 is 2.19.